The van der Waals surface area contributed by atoms with Gasteiger partial charge in [-0.3, -0.25) is 33.6 Å². The Bertz CT molecular complexity index is 5000. The SMILES string of the molecule is CCOC(=O)C(=O)C(Cl)C(C)=O.CCOC(=O)c1nc(CC)sc1-c1csc(CC(=O)OC(C)(C)C)n1.CCOC(=O)c1nc(CC)sc1-c1csc(CC(=O)OC(C)(C)C)n1.CCOC(=O)c1nc(CC)sc1C(C)=O.CCOC(=O)c1nc(CO)sc1-c1csc(CC(=O)OC(C)(C)C)n1.CCc1nc(CO)c(-c2csc(CC(=O)OC(C)(C)C)n2)s1.O=C=O.O=C=O. The summed E-state index contributed by atoms with van der Waals surface area (Å²) in [5.74, 6) is -6.04. The third kappa shape index (κ3) is 41.5. The number of nitrogens with zero attached hydrogens (tertiary/aromatic N) is 9. The number of ether oxygens (including phenoxy) is 9. The fourth-order valence-electron chi connectivity index (χ4n) is 9.43. The highest BCUT2D eigenvalue weighted by molar-refractivity contribution is 7.18. The molecule has 0 amide bonds. The lowest BCUT2D eigenvalue weighted by Gasteiger charge is -2.18. The molecule has 9 rings (SSSR count). The Kier molecular flexibility index (Phi) is 51.1. The number of aliphatic hydroxyl groups excluding tert-OH is 2. The summed E-state index contributed by atoms with van der Waals surface area (Å²) in [7, 11) is 0. The number of thiazole rings is 9. The minimum atomic E-state index is -1.41. The van der Waals surface area contributed by atoms with E-state index in [2.05, 4.69) is 49.6 Å². The quantitative estimate of drug-likeness (QED) is 0.0102. The molecule has 0 saturated heterocycles. The molecule has 0 aliphatic rings. The Labute approximate surface area is 792 Å². The predicted octanol–water partition coefficient (Wildman–Crippen LogP) is 15.0. The van der Waals surface area contributed by atoms with Crippen LogP contribution in [0.4, 0.5) is 0 Å². The summed E-state index contributed by atoms with van der Waals surface area (Å²) in [6.07, 6.45) is 3.93. The number of Topliss-reactive ketones (excluding diaryl/α,β-unsaturated/α-hetero) is 3. The lowest BCUT2D eigenvalue weighted by Crippen LogP contribution is -2.31. The summed E-state index contributed by atoms with van der Waals surface area (Å²) in [6.45, 7) is 41.7. The van der Waals surface area contributed by atoms with Crippen molar-refractivity contribution in [1.29, 1.82) is 0 Å². The van der Waals surface area contributed by atoms with E-state index in [0.717, 1.165) is 56.8 Å². The zero-order valence-electron chi connectivity index (χ0n) is 76.2. The van der Waals surface area contributed by atoms with Crippen molar-refractivity contribution in [3.8, 4) is 42.3 Å². The molecule has 2 N–H and O–H groups in total. The van der Waals surface area contributed by atoms with Crippen LogP contribution in [-0.4, -0.2) is 199 Å². The third-order valence-electron chi connectivity index (χ3n) is 14.2. The van der Waals surface area contributed by atoms with Crippen molar-refractivity contribution in [2.75, 3.05) is 33.0 Å². The van der Waals surface area contributed by atoms with Crippen molar-refractivity contribution in [2.45, 2.75) is 252 Å². The highest BCUT2D eigenvalue weighted by atomic mass is 35.5. The van der Waals surface area contributed by atoms with Crippen LogP contribution < -0.4 is 0 Å². The fourth-order valence-corrected chi connectivity index (χ4v) is 17.5. The van der Waals surface area contributed by atoms with Gasteiger partial charge in [0.2, 0.25) is 0 Å². The van der Waals surface area contributed by atoms with Gasteiger partial charge in [0.1, 0.15) is 52.3 Å². The molecule has 46 heteroatoms. The molecule has 0 bridgehead atoms. The molecule has 0 saturated carbocycles. The van der Waals surface area contributed by atoms with Gasteiger partial charge in [-0.1, -0.05) is 27.7 Å². The van der Waals surface area contributed by atoms with Gasteiger partial charge in [0.05, 0.1) is 140 Å². The molecular formula is C84H106ClN9O27S9. The largest absolute Gasteiger partial charge is 0.461 e. The number of hydrogen-bond donors (Lipinski definition) is 2. The van der Waals surface area contributed by atoms with Gasteiger partial charge in [0.15, 0.2) is 39.7 Å². The van der Waals surface area contributed by atoms with Crippen molar-refractivity contribution >= 4 is 197 Å². The number of ketones is 3. The zero-order valence-corrected chi connectivity index (χ0v) is 84.3. The fraction of sp³-hybridized carbons (Fsp3) is 0.512. The molecule has 0 fully saturated rings. The molecular weight excluding hydrogens is 1890 g/mol. The molecule has 0 aromatic carbocycles. The Morgan fingerprint density at radius 3 is 0.869 bits per heavy atom. The van der Waals surface area contributed by atoms with Crippen LogP contribution in [0.15, 0.2) is 21.5 Å². The summed E-state index contributed by atoms with van der Waals surface area (Å²) in [5.41, 5.74) is 2.00. The van der Waals surface area contributed by atoms with E-state index in [4.69, 9.17) is 68.7 Å². The number of hydrogen-bond acceptors (Lipinski definition) is 45. The Morgan fingerprint density at radius 1 is 0.354 bits per heavy atom. The van der Waals surface area contributed by atoms with Crippen molar-refractivity contribution in [1.82, 2.24) is 44.9 Å². The summed E-state index contributed by atoms with van der Waals surface area (Å²) in [4.78, 5) is 214. The van der Waals surface area contributed by atoms with E-state index < -0.39 is 69.2 Å². The minimum Gasteiger partial charge on any atom is -0.461 e. The maximum absolute atomic E-state index is 12.1. The molecule has 9 aromatic rings. The van der Waals surface area contributed by atoms with Crippen molar-refractivity contribution < 1.29 is 130 Å². The van der Waals surface area contributed by atoms with Gasteiger partial charge in [0, 0.05) is 28.4 Å². The van der Waals surface area contributed by atoms with Crippen LogP contribution in [0.25, 0.3) is 42.3 Å². The number of carbonyl (C=O) groups excluding carboxylic acids is 16. The van der Waals surface area contributed by atoms with Gasteiger partial charge in [-0.25, -0.2) is 68.8 Å². The normalized spacial score (nSPS) is 10.9. The van der Waals surface area contributed by atoms with Crippen LogP contribution in [-0.2, 0) is 160 Å². The second-order valence-corrected chi connectivity index (χ2v) is 39.1. The molecule has 1 unspecified atom stereocenters. The van der Waals surface area contributed by atoms with E-state index in [1.165, 1.54) is 109 Å². The topological polar surface area (TPSA) is 513 Å². The van der Waals surface area contributed by atoms with Gasteiger partial charge in [-0.2, -0.15) is 19.2 Å². The minimum absolute atomic E-state index is 0.0579. The maximum atomic E-state index is 12.1. The van der Waals surface area contributed by atoms with E-state index in [1.807, 2.05) is 106 Å². The van der Waals surface area contributed by atoms with Crippen LogP contribution in [0.1, 0.15) is 262 Å². The second kappa shape index (κ2) is 57.2. The first-order valence-electron chi connectivity index (χ1n) is 39.8. The molecule has 0 spiro atoms. The summed E-state index contributed by atoms with van der Waals surface area (Å²) < 4.78 is 45.6. The number of alkyl halides is 1. The van der Waals surface area contributed by atoms with Crippen LogP contribution in [0.2, 0.25) is 0 Å². The molecule has 710 valence electrons. The number of esters is 9. The van der Waals surface area contributed by atoms with E-state index in [0.29, 0.717) is 73.7 Å². The maximum Gasteiger partial charge on any atom is 0.376 e. The molecule has 36 nitrogen and oxygen atoms in total. The molecule has 130 heavy (non-hydrogen) atoms. The van der Waals surface area contributed by atoms with Gasteiger partial charge in [0.25, 0.3) is 5.78 Å². The van der Waals surface area contributed by atoms with Crippen LogP contribution in [0.5, 0.6) is 0 Å². The monoisotopic (exact) mass is 2000 g/mol. The lowest BCUT2D eigenvalue weighted by molar-refractivity contribution is -0.193. The number of halogens is 1. The standard InChI is InChI=1S/2C17H22N2O4S2.C16H20N2O5S2.C15H20N2O3S2.C10H13NO3S.C7H9ClO4.2CO2/c2*1-6-11-19-14(16(21)22-7-2)15(25-11)10-9-24-12(18-10)8-13(20)23-17(3,4)5;1-5-22-15(21)13-14(25-11(7-19)18-13)9-8-24-10(17-9)6-12(20)23-16(2,3)4;1-5-11-16-9(7-18)14(22-11)10-8-21-12(17-10)6-13(19)20-15(2,3)4;1-4-7-11-8(10(13)14-5-2)9(15-7)6(3)12;1-3-12-7(11)6(10)5(8)4(2)9;2*2-1-3/h2*9H,6-8H2,1-5H3;8,19H,5-7H2,1-4H3;8,18H,5-7H2,1-4H3;4-5H2,1-3H3;5H,3H2,1-2H3;;. The van der Waals surface area contributed by atoms with Crippen molar-refractivity contribution in [2.24, 2.45) is 0 Å². The molecule has 0 aliphatic heterocycles. The third-order valence-corrected chi connectivity index (χ3v) is 24.2. The molecule has 1 atom stereocenters. The Morgan fingerprint density at radius 2 is 0.608 bits per heavy atom. The van der Waals surface area contributed by atoms with Gasteiger partial charge >= 0.3 is 66.0 Å². The molecule has 9 heterocycles. The summed E-state index contributed by atoms with van der Waals surface area (Å²) >= 11 is 17.6. The van der Waals surface area contributed by atoms with E-state index >= 15 is 0 Å². The number of aliphatic hydroxyl groups is 2. The van der Waals surface area contributed by atoms with E-state index in [-0.39, 0.29) is 137 Å². The Hall–Kier alpha value is -10.1. The molecule has 0 radical (unpaired) electrons. The first-order chi connectivity index (χ1) is 60.9. The number of rotatable bonds is 31. The number of aryl methyl sites for hydroxylation is 4. The second-order valence-electron chi connectivity index (χ2n) is 29.5. The van der Waals surface area contributed by atoms with Crippen molar-refractivity contribution in [3.05, 3.63) is 99.9 Å². The first kappa shape index (κ1) is 116. The summed E-state index contributed by atoms with van der Waals surface area (Å²) in [5, 5.41) is 31.0. The zero-order chi connectivity index (χ0) is 98.7. The summed E-state index contributed by atoms with van der Waals surface area (Å²) in [6, 6.07) is 0. The smallest absolute Gasteiger partial charge is 0.376 e. The number of carbonyl (C=O) groups is 12. The van der Waals surface area contributed by atoms with Crippen LogP contribution in [0.3, 0.4) is 0 Å². The van der Waals surface area contributed by atoms with Crippen LogP contribution in [0, 0.1) is 0 Å². The predicted molar refractivity (Wildman–Crippen MR) is 488 cm³/mol. The highest BCUT2D eigenvalue weighted by Crippen LogP contribution is 2.37. The van der Waals surface area contributed by atoms with Crippen LogP contribution >= 0.6 is 114 Å². The van der Waals surface area contributed by atoms with E-state index in [9.17, 15) is 67.7 Å². The van der Waals surface area contributed by atoms with E-state index in [1.54, 1.807) is 60.8 Å². The van der Waals surface area contributed by atoms with Gasteiger partial charge < -0.3 is 52.8 Å². The molecule has 9 aromatic heterocycles. The van der Waals surface area contributed by atoms with Gasteiger partial charge in [-0.15, -0.1) is 114 Å². The average Bonchev–Trinajstić information content (AvgIpc) is 1.67. The average molecular weight is 2000 g/mol. The van der Waals surface area contributed by atoms with Gasteiger partial charge in [-0.05, 0) is 150 Å². The van der Waals surface area contributed by atoms with Crippen molar-refractivity contribution in [3.63, 3.8) is 0 Å². The first-order valence-corrected chi connectivity index (χ1v) is 47.9. The number of aromatic nitrogens is 9. The molecule has 0 aliphatic carbocycles. The Balaban J connectivity index is 0.000000529. The highest BCUT2D eigenvalue weighted by Gasteiger charge is 2.31. The lowest BCUT2D eigenvalue weighted by atomic mass is 10.2.